The van der Waals surface area contributed by atoms with Gasteiger partial charge in [0.1, 0.15) is 5.75 Å². The van der Waals surface area contributed by atoms with Crippen molar-refractivity contribution < 1.29 is 9.53 Å². The molecule has 2 atom stereocenters. The zero-order valence-corrected chi connectivity index (χ0v) is 15.1. The maximum Gasteiger partial charge on any atom is 0.261 e. The molecule has 0 aliphatic heterocycles. The number of amides is 1. The summed E-state index contributed by atoms with van der Waals surface area (Å²) in [5, 5.41) is 3.11. The molecule has 3 nitrogen and oxygen atoms in total. The van der Waals surface area contributed by atoms with Gasteiger partial charge in [-0.05, 0) is 67.9 Å². The number of carbonyl (C=O) groups is 1. The normalized spacial score (nSPS) is 15.8. The summed E-state index contributed by atoms with van der Waals surface area (Å²) >= 11 is 0. The molecule has 3 heteroatoms. The first-order valence-corrected chi connectivity index (χ1v) is 9.31. The lowest BCUT2D eigenvalue weighted by molar-refractivity contribution is -0.128. The molecule has 1 aliphatic carbocycles. The Bertz CT molecular complexity index is 711. The summed E-state index contributed by atoms with van der Waals surface area (Å²) < 4.78 is 5.84. The van der Waals surface area contributed by atoms with Crippen LogP contribution in [-0.4, -0.2) is 12.0 Å². The average molecular weight is 337 g/mol. The number of benzene rings is 2. The maximum absolute atomic E-state index is 12.6. The third-order valence-corrected chi connectivity index (χ3v) is 4.92. The molecule has 132 valence electrons. The van der Waals surface area contributed by atoms with Gasteiger partial charge in [-0.1, -0.05) is 43.3 Å². The number of aryl methyl sites for hydroxylation is 2. The molecule has 3 rings (SSSR count). The highest BCUT2D eigenvalue weighted by Crippen LogP contribution is 2.25. The van der Waals surface area contributed by atoms with Crippen LogP contribution in [0.3, 0.4) is 0 Å². The molecule has 0 radical (unpaired) electrons. The minimum Gasteiger partial charge on any atom is -0.481 e. The quantitative estimate of drug-likeness (QED) is 0.836. The van der Waals surface area contributed by atoms with E-state index < -0.39 is 6.10 Å². The van der Waals surface area contributed by atoms with E-state index in [9.17, 15) is 4.79 Å². The molecule has 0 saturated carbocycles. The van der Waals surface area contributed by atoms with Gasteiger partial charge in [0.25, 0.3) is 5.91 Å². The Labute approximate surface area is 150 Å². The first kappa shape index (κ1) is 17.5. The number of hydrogen-bond acceptors (Lipinski definition) is 2. The predicted molar refractivity (Wildman–Crippen MR) is 101 cm³/mol. The van der Waals surface area contributed by atoms with Crippen LogP contribution in [0.25, 0.3) is 0 Å². The van der Waals surface area contributed by atoms with Crippen molar-refractivity contribution in [3.05, 3.63) is 65.2 Å². The lowest BCUT2D eigenvalue weighted by atomic mass is 9.89. The Morgan fingerprint density at radius 2 is 1.80 bits per heavy atom. The van der Waals surface area contributed by atoms with Crippen molar-refractivity contribution in [2.75, 3.05) is 0 Å². The first-order chi connectivity index (χ1) is 12.2. The van der Waals surface area contributed by atoms with E-state index >= 15 is 0 Å². The van der Waals surface area contributed by atoms with Crippen LogP contribution in [0.15, 0.2) is 48.5 Å². The van der Waals surface area contributed by atoms with Crippen LogP contribution in [0.2, 0.25) is 0 Å². The number of fused-ring (bicyclic) bond motifs is 1. The number of carbonyl (C=O) groups excluding carboxylic acids is 1. The third-order valence-electron chi connectivity index (χ3n) is 4.92. The molecule has 1 N–H and O–H groups in total. The molecule has 2 aromatic carbocycles. The van der Waals surface area contributed by atoms with E-state index in [2.05, 4.69) is 23.5 Å². The Morgan fingerprint density at radius 1 is 1.08 bits per heavy atom. The number of para-hydroxylation sites is 1. The Morgan fingerprint density at radius 3 is 2.52 bits per heavy atom. The molecule has 2 aromatic rings. The van der Waals surface area contributed by atoms with Crippen LogP contribution in [0.1, 0.15) is 55.8 Å². The summed E-state index contributed by atoms with van der Waals surface area (Å²) in [6.45, 7) is 4.01. The SMILES string of the molecule is CC[C@H](Oc1ccccc1)C(=O)N[C@H](C)c1ccc2c(c1)CCCC2. The summed E-state index contributed by atoms with van der Waals surface area (Å²) in [5.74, 6) is 0.669. The minimum atomic E-state index is -0.470. The standard InChI is InChI=1S/C22H27NO2/c1-3-21(25-20-11-5-4-6-12-20)22(24)23-16(2)18-14-13-17-9-7-8-10-19(17)15-18/h4-6,11-16,21H,3,7-10H2,1-2H3,(H,23,24)/t16-,21+/m1/s1. The van der Waals surface area contributed by atoms with Crippen molar-refractivity contribution in [1.29, 1.82) is 0 Å². The number of rotatable bonds is 6. The van der Waals surface area contributed by atoms with Crippen LogP contribution < -0.4 is 10.1 Å². The molecule has 25 heavy (non-hydrogen) atoms. The lowest BCUT2D eigenvalue weighted by Crippen LogP contribution is -2.39. The van der Waals surface area contributed by atoms with E-state index in [-0.39, 0.29) is 11.9 Å². The van der Waals surface area contributed by atoms with E-state index in [0.29, 0.717) is 6.42 Å². The lowest BCUT2D eigenvalue weighted by Gasteiger charge is -2.22. The number of hydrogen-bond donors (Lipinski definition) is 1. The Kier molecular flexibility index (Phi) is 5.75. The second-order valence-corrected chi connectivity index (χ2v) is 6.79. The van der Waals surface area contributed by atoms with Gasteiger partial charge in [0.2, 0.25) is 0 Å². The van der Waals surface area contributed by atoms with Gasteiger partial charge in [-0.2, -0.15) is 0 Å². The molecule has 0 bridgehead atoms. The van der Waals surface area contributed by atoms with Crippen molar-refractivity contribution >= 4 is 5.91 Å². The van der Waals surface area contributed by atoms with Crippen molar-refractivity contribution in [2.24, 2.45) is 0 Å². The van der Waals surface area contributed by atoms with E-state index in [1.54, 1.807) is 0 Å². The Hall–Kier alpha value is -2.29. The monoisotopic (exact) mass is 337 g/mol. The highest BCUT2D eigenvalue weighted by molar-refractivity contribution is 5.81. The van der Waals surface area contributed by atoms with E-state index in [0.717, 1.165) is 12.2 Å². The van der Waals surface area contributed by atoms with Crippen LogP contribution in [-0.2, 0) is 17.6 Å². The minimum absolute atomic E-state index is 0.0202. The molecule has 0 fully saturated rings. The molecule has 0 aromatic heterocycles. The van der Waals surface area contributed by atoms with Crippen molar-refractivity contribution in [1.82, 2.24) is 5.32 Å². The summed E-state index contributed by atoms with van der Waals surface area (Å²) in [4.78, 5) is 12.6. The summed E-state index contributed by atoms with van der Waals surface area (Å²) in [6, 6.07) is 16.1. The van der Waals surface area contributed by atoms with Crippen molar-refractivity contribution in [3.8, 4) is 5.75 Å². The highest BCUT2D eigenvalue weighted by atomic mass is 16.5. The molecule has 1 aliphatic rings. The second kappa shape index (κ2) is 8.19. The molecular formula is C22H27NO2. The summed E-state index contributed by atoms with van der Waals surface area (Å²) in [7, 11) is 0. The number of nitrogens with one attached hydrogen (secondary N) is 1. The van der Waals surface area contributed by atoms with Crippen molar-refractivity contribution in [2.45, 2.75) is 58.1 Å². The smallest absolute Gasteiger partial charge is 0.261 e. The van der Waals surface area contributed by atoms with Crippen LogP contribution >= 0.6 is 0 Å². The fourth-order valence-electron chi connectivity index (χ4n) is 3.40. The van der Waals surface area contributed by atoms with Gasteiger partial charge in [0.15, 0.2) is 6.10 Å². The molecule has 0 unspecified atom stereocenters. The summed E-state index contributed by atoms with van der Waals surface area (Å²) in [6.07, 6.45) is 5.05. The highest BCUT2D eigenvalue weighted by Gasteiger charge is 2.21. The fraction of sp³-hybridized carbons (Fsp3) is 0.409. The van der Waals surface area contributed by atoms with E-state index in [1.165, 1.54) is 36.0 Å². The van der Waals surface area contributed by atoms with E-state index in [1.807, 2.05) is 44.2 Å². The number of ether oxygens (including phenoxy) is 1. The largest absolute Gasteiger partial charge is 0.481 e. The average Bonchev–Trinajstić information content (AvgIpc) is 2.66. The first-order valence-electron chi connectivity index (χ1n) is 9.31. The van der Waals surface area contributed by atoms with Crippen molar-refractivity contribution in [3.63, 3.8) is 0 Å². The maximum atomic E-state index is 12.6. The molecular weight excluding hydrogens is 310 g/mol. The van der Waals surface area contributed by atoms with Gasteiger partial charge in [0.05, 0.1) is 6.04 Å². The van der Waals surface area contributed by atoms with E-state index in [4.69, 9.17) is 4.74 Å². The van der Waals surface area contributed by atoms with Crippen LogP contribution in [0.4, 0.5) is 0 Å². The zero-order valence-electron chi connectivity index (χ0n) is 15.1. The van der Waals surface area contributed by atoms with Gasteiger partial charge in [0, 0.05) is 0 Å². The Balaban J connectivity index is 1.64. The van der Waals surface area contributed by atoms with Gasteiger partial charge in [-0.25, -0.2) is 0 Å². The van der Waals surface area contributed by atoms with Gasteiger partial charge < -0.3 is 10.1 Å². The third kappa shape index (κ3) is 4.41. The van der Waals surface area contributed by atoms with Crippen LogP contribution in [0, 0.1) is 0 Å². The molecule has 0 spiro atoms. The topological polar surface area (TPSA) is 38.3 Å². The van der Waals surface area contributed by atoms with Gasteiger partial charge in [-0.15, -0.1) is 0 Å². The van der Waals surface area contributed by atoms with Gasteiger partial charge >= 0.3 is 0 Å². The molecule has 1 amide bonds. The van der Waals surface area contributed by atoms with Gasteiger partial charge in [-0.3, -0.25) is 4.79 Å². The fourth-order valence-corrected chi connectivity index (χ4v) is 3.40. The van der Waals surface area contributed by atoms with Crippen LogP contribution in [0.5, 0.6) is 5.75 Å². The zero-order chi connectivity index (χ0) is 17.6. The predicted octanol–water partition coefficient (Wildman–Crippen LogP) is 4.60. The molecule has 0 saturated heterocycles. The molecule has 0 heterocycles. The second-order valence-electron chi connectivity index (χ2n) is 6.79. The summed E-state index contributed by atoms with van der Waals surface area (Å²) in [5.41, 5.74) is 4.08.